The highest BCUT2D eigenvalue weighted by atomic mass is 16.1. The molecular weight excluding hydrogens is 260 g/mol. The van der Waals surface area contributed by atoms with Crippen molar-refractivity contribution in [2.24, 2.45) is 5.92 Å². The normalized spacial score (nSPS) is 14.7. The quantitative estimate of drug-likeness (QED) is 0.797. The van der Waals surface area contributed by atoms with Crippen LogP contribution in [0.2, 0.25) is 0 Å². The van der Waals surface area contributed by atoms with Gasteiger partial charge in [-0.2, -0.15) is 0 Å². The van der Waals surface area contributed by atoms with Crippen LogP contribution in [0.3, 0.4) is 0 Å². The van der Waals surface area contributed by atoms with Gasteiger partial charge in [0, 0.05) is 24.7 Å². The highest BCUT2D eigenvalue weighted by Crippen LogP contribution is 2.25. The summed E-state index contributed by atoms with van der Waals surface area (Å²) < 4.78 is 0. The van der Waals surface area contributed by atoms with E-state index in [0.717, 1.165) is 37.7 Å². The Bertz CT molecular complexity index is 449. The van der Waals surface area contributed by atoms with Crippen molar-refractivity contribution in [2.75, 3.05) is 19.6 Å². The second-order valence-electron chi connectivity index (χ2n) is 6.41. The first kappa shape index (κ1) is 16.0. The van der Waals surface area contributed by atoms with Gasteiger partial charge in [-0.1, -0.05) is 32.9 Å². The maximum Gasteiger partial charge on any atom is 0.251 e. The monoisotopic (exact) mass is 288 g/mol. The SMILES string of the molecule is CCN(CCNC(=O)c1ccc(CC(C)C)cc1)C1CC1. The van der Waals surface area contributed by atoms with E-state index in [4.69, 9.17) is 0 Å². The van der Waals surface area contributed by atoms with Gasteiger partial charge >= 0.3 is 0 Å². The van der Waals surface area contributed by atoms with Gasteiger partial charge in [-0.25, -0.2) is 0 Å². The summed E-state index contributed by atoms with van der Waals surface area (Å²) in [6.45, 7) is 9.37. The average Bonchev–Trinajstić information content (AvgIpc) is 3.28. The Labute approximate surface area is 128 Å². The van der Waals surface area contributed by atoms with E-state index >= 15 is 0 Å². The Kier molecular flexibility index (Phi) is 5.80. The predicted octanol–water partition coefficient (Wildman–Crippen LogP) is 3.10. The minimum Gasteiger partial charge on any atom is -0.351 e. The highest BCUT2D eigenvalue weighted by molar-refractivity contribution is 5.94. The molecule has 0 aromatic heterocycles. The Morgan fingerprint density at radius 1 is 1.29 bits per heavy atom. The molecule has 0 radical (unpaired) electrons. The molecule has 0 spiro atoms. The summed E-state index contributed by atoms with van der Waals surface area (Å²) in [5, 5.41) is 3.03. The minimum atomic E-state index is 0.0398. The fourth-order valence-electron chi connectivity index (χ4n) is 2.72. The number of likely N-dealkylation sites (N-methyl/N-ethyl adjacent to an activating group) is 1. The fourth-order valence-corrected chi connectivity index (χ4v) is 2.72. The molecule has 0 atom stereocenters. The lowest BCUT2D eigenvalue weighted by Crippen LogP contribution is -2.36. The number of nitrogens with zero attached hydrogens (tertiary/aromatic N) is 1. The molecule has 2 rings (SSSR count). The van der Waals surface area contributed by atoms with Crippen LogP contribution in [-0.2, 0) is 6.42 Å². The summed E-state index contributed by atoms with van der Waals surface area (Å²) in [4.78, 5) is 14.6. The van der Waals surface area contributed by atoms with Crippen LogP contribution in [0.4, 0.5) is 0 Å². The van der Waals surface area contributed by atoms with Crippen molar-refractivity contribution < 1.29 is 4.79 Å². The topological polar surface area (TPSA) is 32.3 Å². The van der Waals surface area contributed by atoms with Crippen molar-refractivity contribution in [3.8, 4) is 0 Å². The first-order chi connectivity index (χ1) is 10.1. The van der Waals surface area contributed by atoms with Crippen molar-refractivity contribution >= 4 is 5.91 Å². The Balaban J connectivity index is 1.77. The largest absolute Gasteiger partial charge is 0.351 e. The molecule has 3 nitrogen and oxygen atoms in total. The molecule has 0 aliphatic heterocycles. The van der Waals surface area contributed by atoms with Gasteiger partial charge < -0.3 is 5.32 Å². The third-order valence-electron chi connectivity index (χ3n) is 4.01. The van der Waals surface area contributed by atoms with Gasteiger partial charge in [0.2, 0.25) is 0 Å². The van der Waals surface area contributed by atoms with Gasteiger partial charge in [0.05, 0.1) is 0 Å². The number of rotatable bonds is 8. The number of hydrogen-bond donors (Lipinski definition) is 1. The van der Waals surface area contributed by atoms with E-state index in [0.29, 0.717) is 5.92 Å². The smallest absolute Gasteiger partial charge is 0.251 e. The number of carbonyl (C=O) groups excluding carboxylic acids is 1. The van der Waals surface area contributed by atoms with Crippen molar-refractivity contribution in [1.29, 1.82) is 0 Å². The first-order valence-electron chi connectivity index (χ1n) is 8.21. The molecule has 3 heteroatoms. The second kappa shape index (κ2) is 7.60. The standard InChI is InChI=1S/C18H28N2O/c1-4-20(17-9-10-17)12-11-19-18(21)16-7-5-15(6-8-16)13-14(2)3/h5-8,14,17H,4,9-13H2,1-3H3,(H,19,21). The van der Waals surface area contributed by atoms with Gasteiger partial charge in [-0.15, -0.1) is 0 Å². The summed E-state index contributed by atoms with van der Waals surface area (Å²) in [5.41, 5.74) is 2.06. The lowest BCUT2D eigenvalue weighted by Gasteiger charge is -2.19. The summed E-state index contributed by atoms with van der Waals surface area (Å²) in [6.07, 6.45) is 3.70. The molecule has 1 N–H and O–H groups in total. The maximum absolute atomic E-state index is 12.1. The molecule has 1 aliphatic rings. The van der Waals surface area contributed by atoms with Crippen LogP contribution in [0.25, 0.3) is 0 Å². The van der Waals surface area contributed by atoms with E-state index in [1.165, 1.54) is 18.4 Å². The fraction of sp³-hybridized carbons (Fsp3) is 0.611. The number of nitrogens with one attached hydrogen (secondary N) is 1. The molecule has 0 unspecified atom stereocenters. The van der Waals surface area contributed by atoms with Gasteiger partial charge in [-0.05, 0) is 49.4 Å². The van der Waals surface area contributed by atoms with Crippen LogP contribution in [-0.4, -0.2) is 36.5 Å². The lowest BCUT2D eigenvalue weighted by atomic mass is 10.0. The molecule has 0 bridgehead atoms. The molecule has 1 aromatic rings. The van der Waals surface area contributed by atoms with E-state index < -0.39 is 0 Å². The molecule has 0 saturated heterocycles. The van der Waals surface area contributed by atoms with Crippen molar-refractivity contribution in [1.82, 2.24) is 10.2 Å². The first-order valence-corrected chi connectivity index (χ1v) is 8.21. The van der Waals surface area contributed by atoms with Crippen LogP contribution in [0.5, 0.6) is 0 Å². The van der Waals surface area contributed by atoms with Crippen LogP contribution in [0.15, 0.2) is 24.3 Å². The molecule has 1 amide bonds. The van der Waals surface area contributed by atoms with Crippen molar-refractivity contribution in [2.45, 2.75) is 46.1 Å². The lowest BCUT2D eigenvalue weighted by molar-refractivity contribution is 0.0948. The summed E-state index contributed by atoms with van der Waals surface area (Å²) >= 11 is 0. The molecule has 1 aromatic carbocycles. The molecular formula is C18H28N2O. The molecule has 0 heterocycles. The molecule has 1 aliphatic carbocycles. The van der Waals surface area contributed by atoms with Gasteiger partial charge in [-0.3, -0.25) is 9.69 Å². The van der Waals surface area contributed by atoms with Gasteiger partial charge in [0.1, 0.15) is 0 Å². The number of amides is 1. The van der Waals surface area contributed by atoms with Gasteiger partial charge in [0.25, 0.3) is 5.91 Å². The molecule has 21 heavy (non-hydrogen) atoms. The van der Waals surface area contributed by atoms with Crippen molar-refractivity contribution in [3.05, 3.63) is 35.4 Å². The number of benzene rings is 1. The van der Waals surface area contributed by atoms with E-state index in [9.17, 15) is 4.79 Å². The summed E-state index contributed by atoms with van der Waals surface area (Å²) in [7, 11) is 0. The summed E-state index contributed by atoms with van der Waals surface area (Å²) in [5.74, 6) is 0.685. The zero-order valence-corrected chi connectivity index (χ0v) is 13.6. The third-order valence-corrected chi connectivity index (χ3v) is 4.01. The van der Waals surface area contributed by atoms with Crippen LogP contribution in [0.1, 0.15) is 49.5 Å². The van der Waals surface area contributed by atoms with E-state index in [1.54, 1.807) is 0 Å². The molecule has 1 fully saturated rings. The minimum absolute atomic E-state index is 0.0398. The molecule has 116 valence electrons. The zero-order valence-electron chi connectivity index (χ0n) is 13.6. The average molecular weight is 288 g/mol. The van der Waals surface area contributed by atoms with Crippen molar-refractivity contribution in [3.63, 3.8) is 0 Å². The number of carbonyl (C=O) groups is 1. The highest BCUT2D eigenvalue weighted by Gasteiger charge is 2.27. The Morgan fingerprint density at radius 2 is 1.95 bits per heavy atom. The van der Waals surface area contributed by atoms with Gasteiger partial charge in [0.15, 0.2) is 0 Å². The maximum atomic E-state index is 12.1. The van der Waals surface area contributed by atoms with Crippen LogP contribution >= 0.6 is 0 Å². The summed E-state index contributed by atoms with van der Waals surface area (Å²) in [6, 6.07) is 8.77. The van der Waals surface area contributed by atoms with E-state index in [1.807, 2.05) is 12.1 Å². The third kappa shape index (κ3) is 5.16. The Morgan fingerprint density at radius 3 is 2.48 bits per heavy atom. The van der Waals surface area contributed by atoms with E-state index in [-0.39, 0.29) is 5.91 Å². The van der Waals surface area contributed by atoms with Crippen LogP contribution < -0.4 is 5.32 Å². The van der Waals surface area contributed by atoms with Crippen LogP contribution in [0, 0.1) is 5.92 Å². The Hall–Kier alpha value is -1.35. The predicted molar refractivity (Wildman–Crippen MR) is 87.6 cm³/mol. The number of hydrogen-bond acceptors (Lipinski definition) is 2. The zero-order chi connectivity index (χ0) is 15.2. The van der Waals surface area contributed by atoms with E-state index in [2.05, 4.69) is 43.1 Å². The molecule has 1 saturated carbocycles. The second-order valence-corrected chi connectivity index (χ2v) is 6.41.